The highest BCUT2D eigenvalue weighted by Crippen LogP contribution is 2.42. The summed E-state index contributed by atoms with van der Waals surface area (Å²) in [7, 11) is 0. The van der Waals surface area contributed by atoms with Gasteiger partial charge in [-0.05, 0) is 25.7 Å². The lowest BCUT2D eigenvalue weighted by atomic mass is 9.81. The number of carbonyl (C=O) groups is 2. The van der Waals surface area contributed by atoms with Crippen LogP contribution >= 0.6 is 0 Å². The maximum atomic E-state index is 12.9. The number of rotatable bonds is 6. The van der Waals surface area contributed by atoms with E-state index in [1.165, 1.54) is 0 Å². The molecule has 1 aliphatic carbocycles. The zero-order valence-electron chi connectivity index (χ0n) is 16.8. The Labute approximate surface area is 169 Å². The molecule has 2 heterocycles. The Bertz CT molecular complexity index is 728. The first-order valence-electron chi connectivity index (χ1n) is 10.4. The number of hydrogen-bond donors (Lipinski definition) is 1. The third kappa shape index (κ3) is 5.52. The SMILES string of the molecule is CCc1nn(CCCOC(=O)C2CC(F)(F)C2)c2c1C(=O)NCCCOCCC2. The highest BCUT2D eigenvalue weighted by Gasteiger charge is 2.49. The minimum Gasteiger partial charge on any atom is -0.465 e. The maximum absolute atomic E-state index is 12.9. The number of amides is 1. The van der Waals surface area contributed by atoms with E-state index in [2.05, 4.69) is 10.4 Å². The molecule has 0 unspecified atom stereocenters. The summed E-state index contributed by atoms with van der Waals surface area (Å²) in [6.45, 7) is 4.41. The second kappa shape index (κ2) is 9.65. The summed E-state index contributed by atoms with van der Waals surface area (Å²) in [6.07, 6.45) is 2.54. The molecular weight excluding hydrogens is 384 g/mol. The van der Waals surface area contributed by atoms with E-state index in [-0.39, 0.29) is 12.5 Å². The van der Waals surface area contributed by atoms with Gasteiger partial charge in [-0.2, -0.15) is 5.10 Å². The lowest BCUT2D eigenvalue weighted by Crippen LogP contribution is -2.40. The summed E-state index contributed by atoms with van der Waals surface area (Å²) in [5.41, 5.74) is 2.27. The molecule has 162 valence electrons. The largest absolute Gasteiger partial charge is 0.465 e. The standard InChI is InChI=1S/C20H29F2N3O4/c1-2-15-17-16(6-3-9-28-10-4-7-23-18(17)26)25(24-15)8-5-11-29-19(27)14-12-20(21,22)13-14/h14H,2-13H2,1H3,(H,23,26). The van der Waals surface area contributed by atoms with Gasteiger partial charge in [-0.1, -0.05) is 6.92 Å². The molecule has 1 N–H and O–H groups in total. The molecule has 1 saturated carbocycles. The Kier molecular flexibility index (Phi) is 7.21. The van der Waals surface area contributed by atoms with E-state index in [1.54, 1.807) is 0 Å². The Balaban J connectivity index is 1.60. The predicted molar refractivity (Wildman–Crippen MR) is 101 cm³/mol. The van der Waals surface area contributed by atoms with E-state index >= 15 is 0 Å². The topological polar surface area (TPSA) is 82.5 Å². The normalized spacial score (nSPS) is 20.2. The summed E-state index contributed by atoms with van der Waals surface area (Å²) in [5, 5.41) is 7.54. The molecule has 0 atom stereocenters. The zero-order valence-corrected chi connectivity index (χ0v) is 16.8. The van der Waals surface area contributed by atoms with Crippen molar-refractivity contribution in [1.29, 1.82) is 0 Å². The van der Waals surface area contributed by atoms with Crippen LogP contribution in [0.1, 0.15) is 60.8 Å². The van der Waals surface area contributed by atoms with Gasteiger partial charge in [-0.15, -0.1) is 0 Å². The third-order valence-corrected chi connectivity index (χ3v) is 5.33. The average Bonchev–Trinajstić information content (AvgIpc) is 3.00. The van der Waals surface area contributed by atoms with E-state index in [1.807, 2.05) is 11.6 Å². The van der Waals surface area contributed by atoms with Gasteiger partial charge in [-0.25, -0.2) is 8.78 Å². The number of nitrogens with one attached hydrogen (secondary N) is 1. The molecule has 7 nitrogen and oxygen atoms in total. The summed E-state index contributed by atoms with van der Waals surface area (Å²) in [6, 6.07) is 0. The van der Waals surface area contributed by atoms with Crippen molar-refractivity contribution in [3.05, 3.63) is 17.0 Å². The third-order valence-electron chi connectivity index (χ3n) is 5.33. The lowest BCUT2D eigenvalue weighted by Gasteiger charge is -2.32. The van der Waals surface area contributed by atoms with Crippen LogP contribution in [-0.2, 0) is 33.7 Å². The molecule has 0 spiro atoms. The van der Waals surface area contributed by atoms with Crippen LogP contribution in [0.5, 0.6) is 0 Å². The van der Waals surface area contributed by atoms with Crippen molar-refractivity contribution in [3.63, 3.8) is 0 Å². The number of aryl methyl sites for hydroxylation is 2. The minimum atomic E-state index is -2.73. The molecule has 0 aromatic carbocycles. The molecule has 3 rings (SSSR count). The predicted octanol–water partition coefficient (Wildman–Crippen LogP) is 2.51. The van der Waals surface area contributed by atoms with E-state index in [0.717, 1.165) is 24.2 Å². The fourth-order valence-electron chi connectivity index (χ4n) is 3.74. The summed E-state index contributed by atoms with van der Waals surface area (Å²) < 4.78 is 38.3. The Hall–Kier alpha value is -2.03. The van der Waals surface area contributed by atoms with Crippen LogP contribution in [0.15, 0.2) is 0 Å². The molecule has 0 saturated heterocycles. The summed E-state index contributed by atoms with van der Waals surface area (Å²) in [4.78, 5) is 24.5. The number of aromatic nitrogens is 2. The number of fused-ring (bicyclic) bond motifs is 1. The van der Waals surface area contributed by atoms with E-state index < -0.39 is 30.7 Å². The highest BCUT2D eigenvalue weighted by atomic mass is 19.3. The van der Waals surface area contributed by atoms with Crippen molar-refractivity contribution in [2.45, 2.75) is 64.3 Å². The second-order valence-electron chi connectivity index (χ2n) is 7.65. The molecule has 0 bridgehead atoms. The van der Waals surface area contributed by atoms with Gasteiger partial charge in [-0.3, -0.25) is 14.3 Å². The molecular formula is C20H29F2N3O4. The number of nitrogens with zero attached hydrogens (tertiary/aromatic N) is 2. The van der Waals surface area contributed by atoms with Crippen LogP contribution in [0.25, 0.3) is 0 Å². The maximum Gasteiger partial charge on any atom is 0.309 e. The van der Waals surface area contributed by atoms with E-state index in [9.17, 15) is 18.4 Å². The van der Waals surface area contributed by atoms with Crippen molar-refractivity contribution in [1.82, 2.24) is 15.1 Å². The first kappa shape index (κ1) is 21.7. The van der Waals surface area contributed by atoms with Crippen LogP contribution < -0.4 is 5.32 Å². The fourth-order valence-corrected chi connectivity index (χ4v) is 3.74. The molecule has 1 fully saturated rings. The van der Waals surface area contributed by atoms with Gasteiger partial charge < -0.3 is 14.8 Å². The van der Waals surface area contributed by atoms with Crippen LogP contribution in [-0.4, -0.2) is 53.9 Å². The number of hydrogen-bond acceptors (Lipinski definition) is 5. The van der Waals surface area contributed by atoms with Crippen molar-refractivity contribution in [2.75, 3.05) is 26.4 Å². The van der Waals surface area contributed by atoms with Crippen molar-refractivity contribution in [2.24, 2.45) is 5.92 Å². The molecule has 1 aromatic heterocycles. The number of carbonyl (C=O) groups excluding carboxylic acids is 2. The van der Waals surface area contributed by atoms with Gasteiger partial charge in [0.15, 0.2) is 0 Å². The first-order chi connectivity index (χ1) is 13.9. The number of esters is 1. The molecule has 1 aromatic rings. The van der Waals surface area contributed by atoms with Crippen LogP contribution in [0.2, 0.25) is 0 Å². The van der Waals surface area contributed by atoms with Gasteiger partial charge in [0, 0.05) is 45.6 Å². The highest BCUT2D eigenvalue weighted by molar-refractivity contribution is 5.96. The van der Waals surface area contributed by atoms with Crippen molar-refractivity contribution in [3.8, 4) is 0 Å². The summed E-state index contributed by atoms with van der Waals surface area (Å²) >= 11 is 0. The van der Waals surface area contributed by atoms with Crippen LogP contribution in [0.3, 0.4) is 0 Å². The van der Waals surface area contributed by atoms with Gasteiger partial charge in [0.1, 0.15) is 0 Å². The van der Waals surface area contributed by atoms with Crippen LogP contribution in [0, 0.1) is 5.92 Å². The Morgan fingerprint density at radius 3 is 2.83 bits per heavy atom. The van der Waals surface area contributed by atoms with Crippen LogP contribution in [0.4, 0.5) is 8.78 Å². The van der Waals surface area contributed by atoms with Gasteiger partial charge in [0.25, 0.3) is 5.91 Å². The van der Waals surface area contributed by atoms with Gasteiger partial charge in [0.2, 0.25) is 5.92 Å². The monoisotopic (exact) mass is 413 g/mol. The minimum absolute atomic E-state index is 0.109. The number of halogens is 2. The number of ether oxygens (including phenoxy) is 2. The number of alkyl halides is 2. The molecule has 1 aliphatic heterocycles. The smallest absolute Gasteiger partial charge is 0.309 e. The first-order valence-corrected chi connectivity index (χ1v) is 10.4. The van der Waals surface area contributed by atoms with Gasteiger partial charge in [0.05, 0.1) is 29.5 Å². The zero-order chi connectivity index (χ0) is 20.9. The molecule has 1 amide bonds. The average molecular weight is 413 g/mol. The van der Waals surface area contributed by atoms with E-state index in [0.29, 0.717) is 51.1 Å². The quantitative estimate of drug-likeness (QED) is 0.572. The van der Waals surface area contributed by atoms with E-state index in [4.69, 9.17) is 9.47 Å². The second-order valence-corrected chi connectivity index (χ2v) is 7.65. The Morgan fingerprint density at radius 2 is 2.10 bits per heavy atom. The van der Waals surface area contributed by atoms with Gasteiger partial charge >= 0.3 is 5.97 Å². The fraction of sp³-hybridized carbons (Fsp3) is 0.750. The molecule has 2 aliphatic rings. The van der Waals surface area contributed by atoms with Crippen molar-refractivity contribution < 1.29 is 27.8 Å². The molecule has 29 heavy (non-hydrogen) atoms. The Morgan fingerprint density at radius 1 is 1.34 bits per heavy atom. The lowest BCUT2D eigenvalue weighted by molar-refractivity contribution is -0.171. The van der Waals surface area contributed by atoms with Crippen molar-refractivity contribution >= 4 is 11.9 Å². The molecule has 0 radical (unpaired) electrons. The molecule has 9 heteroatoms. The summed E-state index contributed by atoms with van der Waals surface area (Å²) in [5.74, 6) is -4.09.